The highest BCUT2D eigenvalue weighted by Crippen LogP contribution is 2.57. The molecule has 0 bridgehead atoms. The molecule has 1 aromatic heterocycles. The first kappa shape index (κ1) is 18.2. The molecule has 1 amide bonds. The van der Waals surface area contributed by atoms with Gasteiger partial charge in [-0.25, -0.2) is 0 Å². The third kappa shape index (κ3) is 2.98. The maximum atomic E-state index is 12.8. The fourth-order valence-corrected chi connectivity index (χ4v) is 5.07. The molecule has 5 heteroatoms. The minimum Gasteiger partial charge on any atom is -0.366 e. The largest absolute Gasteiger partial charge is 0.366 e. The molecule has 4 N–H and O–H groups in total. The van der Waals surface area contributed by atoms with Gasteiger partial charge in [0.2, 0.25) is 5.91 Å². The summed E-state index contributed by atoms with van der Waals surface area (Å²) in [7, 11) is 0. The lowest BCUT2D eigenvalue weighted by molar-refractivity contribution is 0.0659. The van der Waals surface area contributed by atoms with Gasteiger partial charge in [0.15, 0.2) is 5.78 Å². The van der Waals surface area contributed by atoms with E-state index in [0.717, 1.165) is 41.4 Å². The molecule has 144 valence electrons. The van der Waals surface area contributed by atoms with E-state index in [1.807, 2.05) is 26.0 Å². The molecular formula is C22H29N3O2. The second-order valence-corrected chi connectivity index (χ2v) is 8.98. The van der Waals surface area contributed by atoms with Crippen LogP contribution in [-0.4, -0.2) is 29.8 Å². The fraction of sp³-hybridized carbons (Fsp3) is 0.545. The number of aromatic nitrogens is 1. The molecule has 0 atom stereocenters. The van der Waals surface area contributed by atoms with Crippen molar-refractivity contribution < 1.29 is 9.59 Å². The summed E-state index contributed by atoms with van der Waals surface area (Å²) >= 11 is 0. The molecule has 27 heavy (non-hydrogen) atoms. The normalized spacial score (nSPS) is 22.1. The van der Waals surface area contributed by atoms with Crippen molar-refractivity contribution in [3.63, 3.8) is 0 Å². The first-order valence-electron chi connectivity index (χ1n) is 10.1. The molecule has 5 nitrogen and oxygen atoms in total. The highest BCUT2D eigenvalue weighted by atomic mass is 16.1. The van der Waals surface area contributed by atoms with Crippen molar-refractivity contribution in [3.05, 3.63) is 35.0 Å². The van der Waals surface area contributed by atoms with E-state index in [2.05, 4.69) is 10.3 Å². The number of nitrogens with one attached hydrogen (secondary N) is 2. The standard InChI is InChI=1S/C18H20N2O2.C4H9N/c1-17(2)9-18(6-3-7-18)13-11-8-10(16(19)22)4-5-12(11)20-14(13)15(17)21;1-2-4-5-3-1/h4-5,8,20H,3,6-7,9H2,1-2H3,(H2,19,22);5H,1-4H2. The van der Waals surface area contributed by atoms with Crippen LogP contribution in [0.1, 0.15) is 78.8 Å². The lowest BCUT2D eigenvalue weighted by atomic mass is 9.53. The van der Waals surface area contributed by atoms with Crippen LogP contribution in [0.15, 0.2) is 18.2 Å². The Balaban J connectivity index is 0.000000314. The minimum absolute atomic E-state index is 0.0846. The Morgan fingerprint density at radius 3 is 2.33 bits per heavy atom. The smallest absolute Gasteiger partial charge is 0.248 e. The number of benzene rings is 1. The van der Waals surface area contributed by atoms with E-state index < -0.39 is 5.91 Å². The zero-order valence-corrected chi connectivity index (χ0v) is 16.3. The van der Waals surface area contributed by atoms with Crippen LogP contribution in [0.4, 0.5) is 0 Å². The van der Waals surface area contributed by atoms with E-state index in [-0.39, 0.29) is 16.6 Å². The second kappa shape index (κ2) is 6.48. The molecule has 3 aliphatic rings. The summed E-state index contributed by atoms with van der Waals surface area (Å²) in [6, 6.07) is 5.43. The Hall–Kier alpha value is -2.14. The summed E-state index contributed by atoms with van der Waals surface area (Å²) < 4.78 is 0. The van der Waals surface area contributed by atoms with Crippen molar-refractivity contribution in [2.24, 2.45) is 11.1 Å². The maximum Gasteiger partial charge on any atom is 0.248 e. The van der Waals surface area contributed by atoms with Gasteiger partial charge in [-0.2, -0.15) is 0 Å². The molecule has 1 aliphatic heterocycles. The fourth-order valence-electron chi connectivity index (χ4n) is 5.07. The van der Waals surface area contributed by atoms with Crippen LogP contribution < -0.4 is 11.1 Å². The van der Waals surface area contributed by atoms with E-state index in [9.17, 15) is 9.59 Å². The van der Waals surface area contributed by atoms with Crippen LogP contribution in [0, 0.1) is 5.41 Å². The lowest BCUT2D eigenvalue weighted by Crippen LogP contribution is -2.46. The SMILES string of the molecule is C1CCNC1.CC1(C)CC2(CCC2)c2c([nH]c3ccc(C(N)=O)cc23)C1=O. The molecule has 1 saturated carbocycles. The van der Waals surface area contributed by atoms with Crippen molar-refractivity contribution in [1.82, 2.24) is 10.3 Å². The molecule has 1 aromatic carbocycles. The molecule has 1 saturated heterocycles. The van der Waals surface area contributed by atoms with Crippen LogP contribution in [0.3, 0.4) is 0 Å². The molecule has 0 radical (unpaired) electrons. The van der Waals surface area contributed by atoms with Gasteiger partial charge in [-0.05, 0) is 74.4 Å². The third-order valence-electron chi connectivity index (χ3n) is 6.50. The van der Waals surface area contributed by atoms with Gasteiger partial charge in [0, 0.05) is 21.9 Å². The predicted molar refractivity (Wildman–Crippen MR) is 107 cm³/mol. The Morgan fingerprint density at radius 2 is 1.81 bits per heavy atom. The van der Waals surface area contributed by atoms with Crippen molar-refractivity contribution in [2.75, 3.05) is 13.1 Å². The van der Waals surface area contributed by atoms with Gasteiger partial charge in [-0.3, -0.25) is 9.59 Å². The number of amides is 1. The summed E-state index contributed by atoms with van der Waals surface area (Å²) in [6.45, 7) is 6.58. The average molecular weight is 367 g/mol. The first-order valence-corrected chi connectivity index (χ1v) is 10.1. The number of hydrogen-bond acceptors (Lipinski definition) is 3. The lowest BCUT2D eigenvalue weighted by Gasteiger charge is -2.50. The summed E-state index contributed by atoms with van der Waals surface area (Å²) in [5.41, 5.74) is 8.46. The Labute approximate surface area is 160 Å². The Kier molecular flexibility index (Phi) is 4.38. The Morgan fingerprint density at radius 1 is 1.11 bits per heavy atom. The molecule has 0 unspecified atom stereocenters. The first-order chi connectivity index (χ1) is 12.8. The van der Waals surface area contributed by atoms with Crippen molar-refractivity contribution in [1.29, 1.82) is 0 Å². The average Bonchev–Trinajstić information content (AvgIpc) is 3.27. The van der Waals surface area contributed by atoms with Crippen LogP contribution in [0.2, 0.25) is 0 Å². The second-order valence-electron chi connectivity index (χ2n) is 8.98. The zero-order valence-electron chi connectivity index (χ0n) is 16.3. The number of rotatable bonds is 1. The number of hydrogen-bond donors (Lipinski definition) is 3. The van der Waals surface area contributed by atoms with Gasteiger partial charge < -0.3 is 16.0 Å². The van der Waals surface area contributed by atoms with Gasteiger partial charge >= 0.3 is 0 Å². The number of fused-ring (bicyclic) bond motifs is 4. The van der Waals surface area contributed by atoms with Crippen LogP contribution >= 0.6 is 0 Å². The predicted octanol–water partition coefficient (Wildman–Crippen LogP) is 3.67. The summed E-state index contributed by atoms with van der Waals surface area (Å²) in [6.07, 6.45) is 7.10. The highest BCUT2D eigenvalue weighted by molar-refractivity contribution is 6.08. The van der Waals surface area contributed by atoms with Gasteiger partial charge in [0.05, 0.1) is 5.69 Å². The van der Waals surface area contributed by atoms with Crippen molar-refractivity contribution in [2.45, 2.75) is 57.8 Å². The number of carbonyl (C=O) groups is 2. The molecule has 2 aliphatic carbocycles. The maximum absolute atomic E-state index is 12.8. The number of Topliss-reactive ketones (excluding diaryl/α,β-unsaturated/α-hetero) is 1. The summed E-state index contributed by atoms with van der Waals surface area (Å²) in [4.78, 5) is 27.6. The number of carbonyl (C=O) groups excluding carboxylic acids is 2. The van der Waals surface area contributed by atoms with Crippen LogP contribution in [-0.2, 0) is 5.41 Å². The molecular weight excluding hydrogens is 338 g/mol. The van der Waals surface area contributed by atoms with E-state index in [0.29, 0.717) is 5.56 Å². The third-order valence-corrected chi connectivity index (χ3v) is 6.50. The van der Waals surface area contributed by atoms with Gasteiger partial charge in [-0.15, -0.1) is 0 Å². The molecule has 1 spiro atoms. The highest BCUT2D eigenvalue weighted by Gasteiger charge is 2.52. The van der Waals surface area contributed by atoms with Gasteiger partial charge in [0.1, 0.15) is 0 Å². The summed E-state index contributed by atoms with van der Waals surface area (Å²) in [5.74, 6) is -0.251. The van der Waals surface area contributed by atoms with E-state index in [1.165, 1.54) is 32.4 Å². The molecule has 2 aromatic rings. The number of aromatic amines is 1. The summed E-state index contributed by atoms with van der Waals surface area (Å²) in [5, 5.41) is 4.22. The Bertz CT molecular complexity index is 894. The molecule has 2 heterocycles. The van der Waals surface area contributed by atoms with Crippen molar-refractivity contribution in [3.8, 4) is 0 Å². The molecule has 5 rings (SSSR count). The van der Waals surface area contributed by atoms with Gasteiger partial charge in [0.25, 0.3) is 0 Å². The number of ketones is 1. The quantitative estimate of drug-likeness (QED) is 0.718. The van der Waals surface area contributed by atoms with E-state index >= 15 is 0 Å². The van der Waals surface area contributed by atoms with Crippen LogP contribution in [0.25, 0.3) is 10.9 Å². The zero-order chi connectivity index (χ0) is 19.2. The van der Waals surface area contributed by atoms with E-state index in [4.69, 9.17) is 5.73 Å². The topological polar surface area (TPSA) is 88.0 Å². The molecule has 2 fully saturated rings. The van der Waals surface area contributed by atoms with Crippen LogP contribution in [0.5, 0.6) is 0 Å². The number of primary amides is 1. The van der Waals surface area contributed by atoms with E-state index in [1.54, 1.807) is 6.07 Å². The minimum atomic E-state index is -0.429. The monoisotopic (exact) mass is 367 g/mol. The number of nitrogens with two attached hydrogens (primary N) is 1. The number of H-pyrrole nitrogens is 1. The van der Waals surface area contributed by atoms with Crippen molar-refractivity contribution >= 4 is 22.6 Å². The van der Waals surface area contributed by atoms with Gasteiger partial charge in [-0.1, -0.05) is 20.3 Å².